The first-order chi connectivity index (χ1) is 11.7. The van der Waals surface area contributed by atoms with Gasteiger partial charge in [-0.2, -0.15) is 0 Å². The van der Waals surface area contributed by atoms with Crippen molar-refractivity contribution in [1.29, 1.82) is 0 Å². The number of hydrogen-bond acceptors (Lipinski definition) is 2. The second-order valence-corrected chi connectivity index (χ2v) is 6.45. The van der Waals surface area contributed by atoms with E-state index >= 15 is 0 Å². The van der Waals surface area contributed by atoms with Crippen LogP contribution in [0.15, 0.2) is 54.6 Å². The van der Waals surface area contributed by atoms with Gasteiger partial charge in [0.2, 0.25) is 0 Å². The average molecular weight is 344 g/mol. The molecule has 2 aromatic rings. The minimum Gasteiger partial charge on any atom is -0.336 e. The zero-order valence-electron chi connectivity index (χ0n) is 13.5. The SMILES string of the molecule is O=C(NC[C@@H](c1ccccc1)N1CCCC1)Nc1cccc(Cl)c1. The number of anilines is 1. The van der Waals surface area contributed by atoms with E-state index in [0.717, 1.165) is 13.1 Å². The van der Waals surface area contributed by atoms with Crippen LogP contribution in [-0.2, 0) is 0 Å². The van der Waals surface area contributed by atoms with Crippen LogP contribution in [0.4, 0.5) is 10.5 Å². The number of amides is 2. The third kappa shape index (κ3) is 4.49. The molecule has 24 heavy (non-hydrogen) atoms. The zero-order valence-corrected chi connectivity index (χ0v) is 14.3. The predicted molar refractivity (Wildman–Crippen MR) is 98.5 cm³/mol. The maximum Gasteiger partial charge on any atom is 0.319 e. The van der Waals surface area contributed by atoms with Crippen molar-refractivity contribution in [3.63, 3.8) is 0 Å². The molecule has 1 aliphatic heterocycles. The van der Waals surface area contributed by atoms with Crippen LogP contribution in [0.2, 0.25) is 5.02 Å². The molecule has 0 radical (unpaired) electrons. The molecule has 1 saturated heterocycles. The van der Waals surface area contributed by atoms with Gasteiger partial charge in [-0.3, -0.25) is 4.90 Å². The number of carbonyl (C=O) groups is 1. The number of nitrogens with one attached hydrogen (secondary N) is 2. The molecule has 0 aromatic heterocycles. The highest BCUT2D eigenvalue weighted by Gasteiger charge is 2.23. The van der Waals surface area contributed by atoms with Gasteiger partial charge in [0, 0.05) is 17.3 Å². The summed E-state index contributed by atoms with van der Waals surface area (Å²) in [6.07, 6.45) is 2.44. The lowest BCUT2D eigenvalue weighted by Gasteiger charge is -2.28. The predicted octanol–water partition coefficient (Wildman–Crippen LogP) is 4.30. The molecule has 4 nitrogen and oxygen atoms in total. The lowest BCUT2D eigenvalue weighted by molar-refractivity contribution is 0.227. The summed E-state index contributed by atoms with van der Waals surface area (Å²) in [5.74, 6) is 0. The summed E-state index contributed by atoms with van der Waals surface area (Å²) in [5.41, 5.74) is 1.93. The second-order valence-electron chi connectivity index (χ2n) is 6.01. The molecule has 2 amide bonds. The van der Waals surface area contributed by atoms with Crippen molar-refractivity contribution < 1.29 is 4.79 Å². The summed E-state index contributed by atoms with van der Waals surface area (Å²) in [6.45, 7) is 2.74. The summed E-state index contributed by atoms with van der Waals surface area (Å²) in [6, 6.07) is 17.5. The van der Waals surface area contributed by atoms with E-state index in [4.69, 9.17) is 11.6 Å². The fraction of sp³-hybridized carbons (Fsp3) is 0.316. The first-order valence-electron chi connectivity index (χ1n) is 8.32. The summed E-state index contributed by atoms with van der Waals surface area (Å²) in [7, 11) is 0. The maximum atomic E-state index is 12.2. The summed E-state index contributed by atoms with van der Waals surface area (Å²) in [4.78, 5) is 14.6. The molecule has 0 aliphatic carbocycles. The first-order valence-corrected chi connectivity index (χ1v) is 8.69. The minimum absolute atomic E-state index is 0.207. The quantitative estimate of drug-likeness (QED) is 0.850. The van der Waals surface area contributed by atoms with Gasteiger partial charge in [-0.1, -0.05) is 48.0 Å². The molecule has 5 heteroatoms. The van der Waals surface area contributed by atoms with Crippen LogP contribution in [0.3, 0.4) is 0 Å². The maximum absolute atomic E-state index is 12.2. The van der Waals surface area contributed by atoms with Gasteiger partial charge in [0.25, 0.3) is 0 Å². The van der Waals surface area contributed by atoms with Crippen LogP contribution in [0.1, 0.15) is 24.4 Å². The molecular weight excluding hydrogens is 322 g/mol. The van der Waals surface area contributed by atoms with Crippen molar-refractivity contribution in [1.82, 2.24) is 10.2 Å². The van der Waals surface area contributed by atoms with Gasteiger partial charge in [-0.05, 0) is 49.7 Å². The fourth-order valence-corrected chi connectivity index (χ4v) is 3.31. The van der Waals surface area contributed by atoms with Crippen molar-refractivity contribution in [3.05, 3.63) is 65.2 Å². The summed E-state index contributed by atoms with van der Waals surface area (Å²) >= 11 is 5.94. The van der Waals surface area contributed by atoms with Crippen molar-refractivity contribution >= 4 is 23.3 Å². The van der Waals surface area contributed by atoms with E-state index < -0.39 is 0 Å². The largest absolute Gasteiger partial charge is 0.336 e. The van der Waals surface area contributed by atoms with E-state index in [-0.39, 0.29) is 12.1 Å². The van der Waals surface area contributed by atoms with E-state index in [1.54, 1.807) is 12.1 Å². The van der Waals surface area contributed by atoms with E-state index in [0.29, 0.717) is 17.3 Å². The number of halogens is 1. The van der Waals surface area contributed by atoms with Crippen LogP contribution in [-0.4, -0.2) is 30.6 Å². The molecule has 1 heterocycles. The van der Waals surface area contributed by atoms with Gasteiger partial charge in [-0.25, -0.2) is 4.79 Å². The van der Waals surface area contributed by atoms with E-state index in [1.807, 2.05) is 30.3 Å². The molecule has 3 rings (SSSR count). The Morgan fingerprint density at radius 2 is 1.83 bits per heavy atom. The van der Waals surface area contributed by atoms with E-state index in [1.165, 1.54) is 18.4 Å². The van der Waals surface area contributed by atoms with Crippen LogP contribution in [0.5, 0.6) is 0 Å². The Kier molecular flexibility index (Phi) is 5.72. The third-order valence-electron chi connectivity index (χ3n) is 4.30. The number of benzene rings is 2. The Labute approximate surface area is 147 Å². The second kappa shape index (κ2) is 8.18. The molecule has 1 aliphatic rings. The number of urea groups is 1. The molecule has 0 saturated carbocycles. The molecule has 2 N–H and O–H groups in total. The zero-order chi connectivity index (χ0) is 16.8. The lowest BCUT2D eigenvalue weighted by atomic mass is 10.1. The van der Waals surface area contributed by atoms with Crippen molar-refractivity contribution in [2.45, 2.75) is 18.9 Å². The fourth-order valence-electron chi connectivity index (χ4n) is 3.12. The van der Waals surface area contributed by atoms with Gasteiger partial charge in [0.1, 0.15) is 0 Å². The van der Waals surface area contributed by atoms with E-state index in [9.17, 15) is 4.79 Å². The summed E-state index contributed by atoms with van der Waals surface area (Å²) < 4.78 is 0. The molecular formula is C19H22ClN3O. The van der Waals surface area contributed by atoms with Gasteiger partial charge >= 0.3 is 6.03 Å². The highest BCUT2D eigenvalue weighted by molar-refractivity contribution is 6.30. The number of carbonyl (C=O) groups excluding carboxylic acids is 1. The number of nitrogens with zero attached hydrogens (tertiary/aromatic N) is 1. The number of likely N-dealkylation sites (tertiary alicyclic amines) is 1. The standard InChI is InChI=1S/C19H22ClN3O/c20-16-9-6-10-17(13-16)22-19(24)21-14-18(23-11-4-5-12-23)15-7-2-1-3-8-15/h1-3,6-10,13,18H,4-5,11-12,14H2,(H2,21,22,24)/t18-/m0/s1. The van der Waals surface area contributed by atoms with E-state index in [2.05, 4.69) is 27.7 Å². The highest BCUT2D eigenvalue weighted by atomic mass is 35.5. The van der Waals surface area contributed by atoms with Crippen LogP contribution in [0, 0.1) is 0 Å². The molecule has 126 valence electrons. The number of hydrogen-bond donors (Lipinski definition) is 2. The lowest BCUT2D eigenvalue weighted by Crippen LogP contribution is -2.38. The Bertz CT molecular complexity index is 671. The van der Waals surface area contributed by atoms with Crippen LogP contribution in [0.25, 0.3) is 0 Å². The molecule has 0 bridgehead atoms. The monoisotopic (exact) mass is 343 g/mol. The molecule has 1 fully saturated rings. The number of rotatable bonds is 5. The van der Waals surface area contributed by atoms with Crippen LogP contribution >= 0.6 is 11.6 Å². The smallest absolute Gasteiger partial charge is 0.319 e. The van der Waals surface area contributed by atoms with Crippen molar-refractivity contribution in [2.24, 2.45) is 0 Å². The van der Waals surface area contributed by atoms with Gasteiger partial charge in [0.15, 0.2) is 0 Å². The Morgan fingerprint density at radius 1 is 1.08 bits per heavy atom. The summed E-state index contributed by atoms with van der Waals surface area (Å²) in [5, 5.41) is 6.42. The molecule has 0 spiro atoms. The Morgan fingerprint density at radius 3 is 2.54 bits per heavy atom. The first kappa shape index (κ1) is 16.8. The Hall–Kier alpha value is -2.04. The Balaban J connectivity index is 1.61. The highest BCUT2D eigenvalue weighted by Crippen LogP contribution is 2.24. The van der Waals surface area contributed by atoms with Crippen molar-refractivity contribution in [3.8, 4) is 0 Å². The average Bonchev–Trinajstić information content (AvgIpc) is 3.10. The van der Waals surface area contributed by atoms with Gasteiger partial charge < -0.3 is 10.6 Å². The normalized spacial score (nSPS) is 15.9. The molecule has 2 aromatic carbocycles. The van der Waals surface area contributed by atoms with Gasteiger partial charge in [0.05, 0.1) is 6.04 Å². The van der Waals surface area contributed by atoms with Crippen LogP contribution < -0.4 is 10.6 Å². The topological polar surface area (TPSA) is 44.4 Å². The minimum atomic E-state index is -0.211. The molecule has 0 unspecified atom stereocenters. The van der Waals surface area contributed by atoms with Gasteiger partial charge in [-0.15, -0.1) is 0 Å². The molecule has 1 atom stereocenters. The van der Waals surface area contributed by atoms with Crippen molar-refractivity contribution in [2.75, 3.05) is 25.0 Å². The third-order valence-corrected chi connectivity index (χ3v) is 4.54.